The van der Waals surface area contributed by atoms with Gasteiger partial charge in [0, 0.05) is 6.61 Å². The van der Waals surface area contributed by atoms with Crippen molar-refractivity contribution in [2.45, 2.75) is 137 Å². The summed E-state index contributed by atoms with van der Waals surface area (Å²) in [5.41, 5.74) is -0.997. The van der Waals surface area contributed by atoms with Crippen LogP contribution in [0.25, 0.3) is 0 Å². The van der Waals surface area contributed by atoms with Gasteiger partial charge in [0.05, 0.1) is 23.4 Å². The number of ether oxygens (including phenoxy) is 1. The highest BCUT2D eigenvalue weighted by Gasteiger charge is 2.71. The summed E-state index contributed by atoms with van der Waals surface area (Å²) in [6, 6.07) is 0. The van der Waals surface area contributed by atoms with Crippen molar-refractivity contribution in [3.05, 3.63) is 12.2 Å². The number of aliphatic hydroxyl groups excluding tert-OH is 2. The maximum atomic E-state index is 11.8. The van der Waals surface area contributed by atoms with Gasteiger partial charge in [0.25, 0.3) is 0 Å². The van der Waals surface area contributed by atoms with Crippen molar-refractivity contribution < 1.29 is 20.1 Å². The molecule has 0 aromatic heterocycles. The molecule has 3 N–H and O–H groups in total. The van der Waals surface area contributed by atoms with Gasteiger partial charge in [0.2, 0.25) is 0 Å². The zero-order valence-corrected chi connectivity index (χ0v) is 24.7. The average Bonchev–Trinajstić information content (AvgIpc) is 3.13. The molecule has 4 heteroatoms. The summed E-state index contributed by atoms with van der Waals surface area (Å²) in [4.78, 5) is 0. The molecule has 0 amide bonds. The molecule has 4 nitrogen and oxygen atoms in total. The van der Waals surface area contributed by atoms with Crippen molar-refractivity contribution in [3.8, 4) is 0 Å². The molecule has 4 saturated carbocycles. The Labute approximate surface area is 221 Å². The Morgan fingerprint density at radius 1 is 0.889 bits per heavy atom. The number of hydrogen-bond acceptors (Lipinski definition) is 4. The first-order valence-electron chi connectivity index (χ1n) is 14.9. The van der Waals surface area contributed by atoms with Crippen LogP contribution in [0.15, 0.2) is 12.2 Å². The summed E-state index contributed by atoms with van der Waals surface area (Å²) in [6.45, 7) is 20.8. The molecule has 0 aromatic rings. The molecule has 0 saturated heterocycles. The van der Waals surface area contributed by atoms with Crippen LogP contribution in [0.4, 0.5) is 0 Å². The topological polar surface area (TPSA) is 69.9 Å². The van der Waals surface area contributed by atoms with Crippen LogP contribution in [0.1, 0.15) is 114 Å². The van der Waals surface area contributed by atoms with E-state index in [0.717, 1.165) is 44.9 Å². The summed E-state index contributed by atoms with van der Waals surface area (Å²) in [5.74, 6) is 1.13. The Morgan fingerprint density at radius 3 is 2.17 bits per heavy atom. The lowest BCUT2D eigenvalue weighted by atomic mass is 9.35. The Balaban J connectivity index is 1.61. The van der Waals surface area contributed by atoms with Gasteiger partial charge in [-0.1, -0.05) is 46.8 Å². The van der Waals surface area contributed by atoms with E-state index in [1.54, 1.807) is 0 Å². The van der Waals surface area contributed by atoms with Gasteiger partial charge >= 0.3 is 0 Å². The number of fused-ring (bicyclic) bond motifs is 5. The molecule has 0 heterocycles. The predicted molar refractivity (Wildman–Crippen MR) is 146 cm³/mol. The summed E-state index contributed by atoms with van der Waals surface area (Å²) >= 11 is 0. The van der Waals surface area contributed by atoms with Crippen LogP contribution in [0, 0.1) is 45.3 Å². The van der Waals surface area contributed by atoms with E-state index in [0.29, 0.717) is 24.9 Å². The highest BCUT2D eigenvalue weighted by Crippen LogP contribution is 2.75. The number of aliphatic hydroxyl groups is 3. The molecule has 36 heavy (non-hydrogen) atoms. The second-order valence-electron chi connectivity index (χ2n) is 15.3. The van der Waals surface area contributed by atoms with E-state index in [-0.39, 0.29) is 51.3 Å². The predicted octanol–water partition coefficient (Wildman–Crippen LogP) is 6.52. The summed E-state index contributed by atoms with van der Waals surface area (Å²) in [5, 5.41) is 34.5. The molecule has 0 spiro atoms. The van der Waals surface area contributed by atoms with Gasteiger partial charge < -0.3 is 20.1 Å². The lowest BCUT2D eigenvalue weighted by Crippen LogP contribution is -2.66. The highest BCUT2D eigenvalue weighted by molar-refractivity contribution is 5.20. The van der Waals surface area contributed by atoms with Crippen molar-refractivity contribution >= 4 is 0 Å². The molecule has 0 aromatic carbocycles. The van der Waals surface area contributed by atoms with Gasteiger partial charge in [-0.2, -0.15) is 0 Å². The molecule has 2 unspecified atom stereocenters. The van der Waals surface area contributed by atoms with Gasteiger partial charge in [-0.3, -0.25) is 0 Å². The maximum Gasteiger partial charge on any atom is 0.0806 e. The van der Waals surface area contributed by atoms with Crippen molar-refractivity contribution in [1.29, 1.82) is 0 Å². The van der Waals surface area contributed by atoms with E-state index in [4.69, 9.17) is 4.74 Å². The molecular formula is C32H56O4. The smallest absolute Gasteiger partial charge is 0.0806 e. The third-order valence-electron chi connectivity index (χ3n) is 12.7. The van der Waals surface area contributed by atoms with E-state index in [1.807, 2.05) is 13.8 Å². The largest absolute Gasteiger partial charge is 0.393 e. The molecule has 4 aliphatic rings. The molecule has 0 aliphatic heterocycles. The minimum Gasteiger partial charge on any atom is -0.393 e. The van der Waals surface area contributed by atoms with Crippen LogP contribution in [0.2, 0.25) is 0 Å². The minimum atomic E-state index is -0.858. The van der Waals surface area contributed by atoms with E-state index in [9.17, 15) is 15.3 Å². The van der Waals surface area contributed by atoms with Crippen molar-refractivity contribution in [1.82, 2.24) is 0 Å². The second kappa shape index (κ2) is 9.07. The summed E-state index contributed by atoms with van der Waals surface area (Å²) in [7, 11) is 0. The molecule has 4 aliphatic carbocycles. The fourth-order valence-electron chi connectivity index (χ4n) is 10.6. The zero-order chi connectivity index (χ0) is 26.9. The van der Waals surface area contributed by atoms with Crippen LogP contribution in [-0.4, -0.2) is 45.3 Å². The molecule has 0 bridgehead atoms. The summed E-state index contributed by atoms with van der Waals surface area (Å²) in [6.07, 6.45) is 11.2. The Morgan fingerprint density at radius 2 is 1.53 bits per heavy atom. The van der Waals surface area contributed by atoms with Crippen LogP contribution >= 0.6 is 0 Å². The first kappa shape index (κ1) is 28.6. The zero-order valence-electron chi connectivity index (χ0n) is 24.7. The average molecular weight is 505 g/mol. The lowest BCUT2D eigenvalue weighted by Gasteiger charge is -2.70. The highest BCUT2D eigenvalue weighted by atomic mass is 16.5. The quantitative estimate of drug-likeness (QED) is 0.360. The molecule has 0 radical (unpaired) electrons. The third-order valence-corrected chi connectivity index (χ3v) is 12.7. The first-order valence-corrected chi connectivity index (χ1v) is 14.9. The van der Waals surface area contributed by atoms with Crippen LogP contribution in [0.5, 0.6) is 0 Å². The Bertz CT molecular complexity index is 845. The molecule has 4 fully saturated rings. The normalized spacial score (nSPS) is 48.2. The molecule has 4 rings (SSSR count). The second-order valence-corrected chi connectivity index (χ2v) is 15.3. The van der Waals surface area contributed by atoms with E-state index in [2.05, 4.69) is 60.6 Å². The SMILES string of the molecule is CCOC(C)(C)/C=C/C[C@](C)(O)C1CC[C@]2(C)[C@@H]1[C@H](O)CC1[C@@]3(C)CC[C@H](O)C(C)(C)[C@@H]3CC[C@]12C. The number of hydrogen-bond donors (Lipinski definition) is 3. The van der Waals surface area contributed by atoms with E-state index in [1.165, 1.54) is 0 Å². The van der Waals surface area contributed by atoms with Crippen LogP contribution < -0.4 is 0 Å². The lowest BCUT2D eigenvalue weighted by molar-refractivity contribution is -0.246. The van der Waals surface area contributed by atoms with Gasteiger partial charge in [-0.05, 0) is 124 Å². The van der Waals surface area contributed by atoms with E-state index >= 15 is 0 Å². The van der Waals surface area contributed by atoms with Gasteiger partial charge in [-0.25, -0.2) is 0 Å². The third kappa shape index (κ3) is 4.16. The molecular weight excluding hydrogens is 448 g/mol. The van der Waals surface area contributed by atoms with Gasteiger partial charge in [0.1, 0.15) is 0 Å². The van der Waals surface area contributed by atoms with E-state index < -0.39 is 5.60 Å². The van der Waals surface area contributed by atoms with Gasteiger partial charge in [-0.15, -0.1) is 0 Å². The standard InChI is InChI=1S/C32H56O4/c1-10-36-27(2,3)15-11-16-32(9,35)21-12-18-31(8)26(21)22(33)20-24-29(6)17-14-25(34)28(4,5)23(29)13-19-30(24,31)7/h11,15,21-26,33-35H,10,12-14,16-20H2,1-9H3/b15-11+/t21?,22-,23+,24?,25+,26+,29+,30-,31-,32+/m1/s1. The van der Waals surface area contributed by atoms with Crippen molar-refractivity contribution in [2.75, 3.05) is 6.61 Å². The van der Waals surface area contributed by atoms with Crippen molar-refractivity contribution in [3.63, 3.8) is 0 Å². The Kier molecular flexibility index (Phi) is 7.20. The molecule has 208 valence electrons. The van der Waals surface area contributed by atoms with Crippen LogP contribution in [-0.2, 0) is 4.74 Å². The fourth-order valence-corrected chi connectivity index (χ4v) is 10.6. The Hall–Kier alpha value is -0.420. The minimum absolute atomic E-state index is 0.00643. The molecule has 10 atom stereocenters. The van der Waals surface area contributed by atoms with Gasteiger partial charge in [0.15, 0.2) is 0 Å². The first-order chi connectivity index (χ1) is 16.5. The maximum absolute atomic E-state index is 11.8. The van der Waals surface area contributed by atoms with Crippen LogP contribution in [0.3, 0.4) is 0 Å². The van der Waals surface area contributed by atoms with Crippen molar-refractivity contribution in [2.24, 2.45) is 45.3 Å². The summed E-state index contributed by atoms with van der Waals surface area (Å²) < 4.78 is 5.81. The fraction of sp³-hybridized carbons (Fsp3) is 0.938. The monoisotopic (exact) mass is 504 g/mol. The number of rotatable bonds is 6.